The summed E-state index contributed by atoms with van der Waals surface area (Å²) in [7, 11) is 0. The van der Waals surface area contributed by atoms with Crippen molar-refractivity contribution in [2.45, 2.75) is 19.4 Å². The number of anilines is 2. The maximum Gasteiger partial charge on any atom is 0.227 e. The van der Waals surface area contributed by atoms with Crippen LogP contribution in [0.4, 0.5) is 11.4 Å². The lowest BCUT2D eigenvalue weighted by molar-refractivity contribution is -0.117. The summed E-state index contributed by atoms with van der Waals surface area (Å²) in [5.41, 5.74) is 2.93. The van der Waals surface area contributed by atoms with Gasteiger partial charge in [-0.1, -0.05) is 6.07 Å². The second kappa shape index (κ2) is 6.26. The van der Waals surface area contributed by atoms with Crippen LogP contribution < -0.4 is 10.2 Å². The molecule has 0 atom stereocenters. The standard InChI is InChI=1S/C16H16BrN3O/c17-12-6-7-14(18-10-12)11-19-13-3-1-4-15(9-13)20-8-2-5-16(20)21/h1,3-4,6-7,9-10,19H,2,5,8,11H2. The zero-order valence-electron chi connectivity index (χ0n) is 11.6. The van der Waals surface area contributed by atoms with Crippen LogP contribution in [0.5, 0.6) is 0 Å². The maximum atomic E-state index is 11.8. The van der Waals surface area contributed by atoms with E-state index in [0.29, 0.717) is 13.0 Å². The fraction of sp³-hybridized carbons (Fsp3) is 0.250. The van der Waals surface area contributed by atoms with Gasteiger partial charge in [0.05, 0.1) is 12.2 Å². The summed E-state index contributed by atoms with van der Waals surface area (Å²) in [5.74, 6) is 0.210. The first-order valence-corrected chi connectivity index (χ1v) is 7.76. The third-order valence-electron chi connectivity index (χ3n) is 3.49. The SMILES string of the molecule is O=C1CCCN1c1cccc(NCc2ccc(Br)cn2)c1. The highest BCUT2D eigenvalue weighted by Gasteiger charge is 2.21. The Morgan fingerprint density at radius 3 is 2.90 bits per heavy atom. The van der Waals surface area contributed by atoms with Crippen molar-refractivity contribution in [1.82, 2.24) is 4.98 Å². The second-order valence-electron chi connectivity index (χ2n) is 5.02. The van der Waals surface area contributed by atoms with Gasteiger partial charge in [0.2, 0.25) is 5.91 Å². The Bertz CT molecular complexity index is 642. The van der Waals surface area contributed by atoms with Crippen LogP contribution in [-0.4, -0.2) is 17.4 Å². The third kappa shape index (κ3) is 3.42. The third-order valence-corrected chi connectivity index (χ3v) is 3.96. The molecular weight excluding hydrogens is 330 g/mol. The van der Waals surface area contributed by atoms with Gasteiger partial charge < -0.3 is 10.2 Å². The predicted molar refractivity (Wildman–Crippen MR) is 87.3 cm³/mol. The van der Waals surface area contributed by atoms with Crippen LogP contribution in [0.2, 0.25) is 0 Å². The molecule has 1 aliphatic heterocycles. The van der Waals surface area contributed by atoms with Gasteiger partial charge in [-0.15, -0.1) is 0 Å². The van der Waals surface area contributed by atoms with E-state index in [2.05, 4.69) is 26.2 Å². The zero-order chi connectivity index (χ0) is 14.7. The van der Waals surface area contributed by atoms with Gasteiger partial charge in [0.15, 0.2) is 0 Å². The molecule has 1 aromatic heterocycles. The van der Waals surface area contributed by atoms with E-state index in [0.717, 1.165) is 34.5 Å². The molecule has 2 aromatic rings. The van der Waals surface area contributed by atoms with Gasteiger partial charge in [-0.25, -0.2) is 0 Å². The highest BCUT2D eigenvalue weighted by Crippen LogP contribution is 2.24. The van der Waals surface area contributed by atoms with Crippen LogP contribution in [0.1, 0.15) is 18.5 Å². The van der Waals surface area contributed by atoms with Gasteiger partial charge in [-0.2, -0.15) is 0 Å². The number of carbonyl (C=O) groups is 1. The molecule has 1 amide bonds. The van der Waals surface area contributed by atoms with E-state index in [1.807, 2.05) is 41.3 Å². The van der Waals surface area contributed by atoms with Crippen LogP contribution in [0, 0.1) is 0 Å². The molecule has 0 saturated carbocycles. The molecule has 5 heteroatoms. The number of hydrogen-bond acceptors (Lipinski definition) is 3. The van der Waals surface area contributed by atoms with Crippen LogP contribution in [0.3, 0.4) is 0 Å². The number of halogens is 1. The monoisotopic (exact) mass is 345 g/mol. The molecule has 0 radical (unpaired) electrons. The van der Waals surface area contributed by atoms with Crippen molar-refractivity contribution in [3.63, 3.8) is 0 Å². The number of hydrogen-bond donors (Lipinski definition) is 1. The number of rotatable bonds is 4. The van der Waals surface area contributed by atoms with Crippen molar-refractivity contribution >= 4 is 33.2 Å². The molecular formula is C16H16BrN3O. The number of carbonyl (C=O) groups excluding carboxylic acids is 1. The minimum atomic E-state index is 0.210. The summed E-state index contributed by atoms with van der Waals surface area (Å²) in [6.45, 7) is 1.47. The molecule has 21 heavy (non-hydrogen) atoms. The zero-order valence-corrected chi connectivity index (χ0v) is 13.1. The number of pyridine rings is 1. The molecule has 4 nitrogen and oxygen atoms in total. The molecule has 3 rings (SSSR count). The maximum absolute atomic E-state index is 11.8. The summed E-state index contributed by atoms with van der Waals surface area (Å²) in [5, 5.41) is 3.34. The van der Waals surface area contributed by atoms with E-state index in [4.69, 9.17) is 0 Å². The summed E-state index contributed by atoms with van der Waals surface area (Å²) < 4.78 is 0.973. The highest BCUT2D eigenvalue weighted by atomic mass is 79.9. The molecule has 1 saturated heterocycles. The van der Waals surface area contributed by atoms with E-state index in [1.54, 1.807) is 6.20 Å². The predicted octanol–water partition coefficient (Wildman–Crippen LogP) is 3.58. The molecule has 1 N–H and O–H groups in total. The largest absolute Gasteiger partial charge is 0.379 e. The fourth-order valence-corrected chi connectivity index (χ4v) is 2.64. The Morgan fingerprint density at radius 2 is 2.19 bits per heavy atom. The molecule has 0 bridgehead atoms. The molecule has 0 aliphatic carbocycles. The van der Waals surface area contributed by atoms with E-state index in [1.165, 1.54) is 0 Å². The normalized spacial score (nSPS) is 14.5. The van der Waals surface area contributed by atoms with Gasteiger partial charge in [0.1, 0.15) is 0 Å². The van der Waals surface area contributed by atoms with Crippen LogP contribution >= 0.6 is 15.9 Å². The average Bonchev–Trinajstić information content (AvgIpc) is 2.93. The number of aromatic nitrogens is 1. The van der Waals surface area contributed by atoms with Crippen molar-refractivity contribution < 1.29 is 4.79 Å². The lowest BCUT2D eigenvalue weighted by Gasteiger charge is -2.17. The number of benzene rings is 1. The molecule has 2 heterocycles. The van der Waals surface area contributed by atoms with Crippen molar-refractivity contribution in [1.29, 1.82) is 0 Å². The van der Waals surface area contributed by atoms with E-state index in [9.17, 15) is 4.79 Å². The van der Waals surface area contributed by atoms with Gasteiger partial charge >= 0.3 is 0 Å². The fourth-order valence-electron chi connectivity index (χ4n) is 2.41. The molecule has 0 unspecified atom stereocenters. The van der Waals surface area contributed by atoms with Crippen molar-refractivity contribution in [3.05, 3.63) is 52.8 Å². The Kier molecular flexibility index (Phi) is 4.20. The summed E-state index contributed by atoms with van der Waals surface area (Å²) in [4.78, 5) is 18.0. The number of amides is 1. The van der Waals surface area contributed by atoms with Gasteiger partial charge in [-0.3, -0.25) is 9.78 Å². The Hall–Kier alpha value is -1.88. The molecule has 0 spiro atoms. The Balaban J connectivity index is 1.68. The molecule has 1 aliphatic rings. The van der Waals surface area contributed by atoms with Crippen molar-refractivity contribution in [2.24, 2.45) is 0 Å². The van der Waals surface area contributed by atoms with Crippen LogP contribution in [0.25, 0.3) is 0 Å². The van der Waals surface area contributed by atoms with E-state index >= 15 is 0 Å². The van der Waals surface area contributed by atoms with Crippen LogP contribution in [-0.2, 0) is 11.3 Å². The summed E-state index contributed by atoms with van der Waals surface area (Å²) in [6, 6.07) is 11.9. The van der Waals surface area contributed by atoms with Gasteiger partial charge in [0.25, 0.3) is 0 Å². The minimum Gasteiger partial charge on any atom is -0.379 e. The van der Waals surface area contributed by atoms with E-state index < -0.39 is 0 Å². The lowest BCUT2D eigenvalue weighted by atomic mass is 10.2. The van der Waals surface area contributed by atoms with E-state index in [-0.39, 0.29) is 5.91 Å². The van der Waals surface area contributed by atoms with Crippen LogP contribution in [0.15, 0.2) is 47.1 Å². The van der Waals surface area contributed by atoms with Gasteiger partial charge in [0, 0.05) is 35.0 Å². The van der Waals surface area contributed by atoms with Crippen molar-refractivity contribution in [2.75, 3.05) is 16.8 Å². The number of nitrogens with one attached hydrogen (secondary N) is 1. The lowest BCUT2D eigenvalue weighted by Crippen LogP contribution is -2.23. The minimum absolute atomic E-state index is 0.210. The first kappa shape index (κ1) is 14.1. The smallest absolute Gasteiger partial charge is 0.227 e. The molecule has 1 aromatic carbocycles. The van der Waals surface area contributed by atoms with Gasteiger partial charge in [-0.05, 0) is 52.7 Å². The Labute approximate surface area is 132 Å². The highest BCUT2D eigenvalue weighted by molar-refractivity contribution is 9.10. The quantitative estimate of drug-likeness (QED) is 0.920. The topological polar surface area (TPSA) is 45.2 Å². The second-order valence-corrected chi connectivity index (χ2v) is 5.94. The first-order valence-electron chi connectivity index (χ1n) is 6.97. The summed E-state index contributed by atoms with van der Waals surface area (Å²) >= 11 is 3.37. The average molecular weight is 346 g/mol. The molecule has 1 fully saturated rings. The Morgan fingerprint density at radius 1 is 1.29 bits per heavy atom. The number of nitrogens with zero attached hydrogens (tertiary/aromatic N) is 2. The molecule has 108 valence electrons. The first-order chi connectivity index (χ1) is 10.2. The summed E-state index contributed by atoms with van der Waals surface area (Å²) in [6.07, 6.45) is 3.39. The van der Waals surface area contributed by atoms with Crippen molar-refractivity contribution in [3.8, 4) is 0 Å².